The number of carbonyl (C=O) groups is 1. The van der Waals surface area contributed by atoms with Crippen molar-refractivity contribution in [2.24, 2.45) is 11.8 Å². The van der Waals surface area contributed by atoms with Crippen LogP contribution in [0.2, 0.25) is 0 Å². The molecule has 1 nitrogen and oxygen atoms in total. The summed E-state index contributed by atoms with van der Waals surface area (Å²) >= 11 is 0. The fourth-order valence-corrected chi connectivity index (χ4v) is 4.60. The second kappa shape index (κ2) is 6.24. The van der Waals surface area contributed by atoms with Gasteiger partial charge in [0.05, 0.1) is 0 Å². The van der Waals surface area contributed by atoms with E-state index in [-0.39, 0.29) is 0 Å². The minimum Gasteiger partial charge on any atom is -0.300 e. The molecule has 3 aliphatic rings. The summed E-state index contributed by atoms with van der Waals surface area (Å²) < 4.78 is 0. The number of allylic oxidation sites excluding steroid dienone is 2. The maximum Gasteiger partial charge on any atom is 0.133 e. The van der Waals surface area contributed by atoms with E-state index < -0.39 is 0 Å². The van der Waals surface area contributed by atoms with Crippen molar-refractivity contribution >= 4 is 5.78 Å². The van der Waals surface area contributed by atoms with Gasteiger partial charge in [-0.2, -0.15) is 0 Å². The molecule has 106 valence electrons. The lowest BCUT2D eigenvalue weighted by Crippen LogP contribution is -2.22. The minimum absolute atomic E-state index is 0.486. The van der Waals surface area contributed by atoms with Crippen molar-refractivity contribution in [2.45, 2.75) is 83.5 Å². The highest BCUT2D eigenvalue weighted by molar-refractivity contribution is 5.80. The van der Waals surface area contributed by atoms with Crippen LogP contribution in [0, 0.1) is 11.8 Å². The molecular formula is C18H28O. The van der Waals surface area contributed by atoms with Crippen molar-refractivity contribution in [3.8, 4) is 0 Å². The summed E-state index contributed by atoms with van der Waals surface area (Å²) in [4.78, 5) is 11.3. The van der Waals surface area contributed by atoms with Gasteiger partial charge in [-0.15, -0.1) is 0 Å². The van der Waals surface area contributed by atoms with Gasteiger partial charge in [-0.05, 0) is 50.4 Å². The molecule has 0 aromatic rings. The largest absolute Gasteiger partial charge is 0.300 e. The molecule has 1 heteroatoms. The van der Waals surface area contributed by atoms with Crippen LogP contribution >= 0.6 is 0 Å². The summed E-state index contributed by atoms with van der Waals surface area (Å²) in [5, 5.41) is 0. The van der Waals surface area contributed by atoms with Crippen LogP contribution in [0.15, 0.2) is 11.1 Å². The van der Waals surface area contributed by atoms with Crippen LogP contribution in [0.3, 0.4) is 0 Å². The summed E-state index contributed by atoms with van der Waals surface area (Å²) in [5.41, 5.74) is 3.42. The van der Waals surface area contributed by atoms with Crippen molar-refractivity contribution in [3.05, 3.63) is 11.1 Å². The van der Waals surface area contributed by atoms with E-state index in [9.17, 15) is 4.79 Å². The highest BCUT2D eigenvalue weighted by Gasteiger charge is 2.27. The highest BCUT2D eigenvalue weighted by atomic mass is 16.1. The van der Waals surface area contributed by atoms with Gasteiger partial charge in [-0.25, -0.2) is 0 Å². The number of ketones is 1. The van der Waals surface area contributed by atoms with E-state index >= 15 is 0 Å². The molecule has 0 aliphatic heterocycles. The second-order valence-electron chi connectivity index (χ2n) is 6.98. The molecule has 3 aliphatic carbocycles. The maximum atomic E-state index is 11.3. The highest BCUT2D eigenvalue weighted by Crippen LogP contribution is 2.41. The zero-order valence-electron chi connectivity index (χ0n) is 12.3. The zero-order chi connectivity index (χ0) is 13.1. The quantitative estimate of drug-likeness (QED) is 0.592. The summed E-state index contributed by atoms with van der Waals surface area (Å²) in [5.74, 6) is 2.56. The van der Waals surface area contributed by atoms with Gasteiger partial charge in [0.15, 0.2) is 0 Å². The van der Waals surface area contributed by atoms with E-state index in [1.54, 1.807) is 11.1 Å². The number of Topliss-reactive ketones (excluding diaryl/α,β-unsaturated/α-hetero) is 1. The van der Waals surface area contributed by atoms with Crippen molar-refractivity contribution in [2.75, 3.05) is 0 Å². The van der Waals surface area contributed by atoms with Crippen LogP contribution in [0.25, 0.3) is 0 Å². The molecule has 3 fully saturated rings. The average molecular weight is 260 g/mol. The molecule has 19 heavy (non-hydrogen) atoms. The molecular weight excluding hydrogens is 232 g/mol. The maximum absolute atomic E-state index is 11.3. The lowest BCUT2D eigenvalue weighted by atomic mass is 9.71. The SMILES string of the molecule is O=C1CCC(=C2CCC(C3CCCCC3)CC2)CC1. The number of rotatable bonds is 1. The molecule has 0 radical (unpaired) electrons. The normalized spacial score (nSPS) is 30.7. The Balaban J connectivity index is 1.54. The summed E-state index contributed by atoms with van der Waals surface area (Å²) in [6, 6.07) is 0. The van der Waals surface area contributed by atoms with Crippen LogP contribution in [0.1, 0.15) is 83.5 Å². The average Bonchev–Trinajstić information content (AvgIpc) is 2.49. The Morgan fingerprint density at radius 3 is 1.74 bits per heavy atom. The first-order chi connectivity index (χ1) is 9.33. The number of carbonyl (C=O) groups excluding carboxylic acids is 1. The molecule has 0 amide bonds. The number of hydrogen-bond acceptors (Lipinski definition) is 1. The van der Waals surface area contributed by atoms with Gasteiger partial charge in [-0.1, -0.05) is 43.3 Å². The van der Waals surface area contributed by atoms with Gasteiger partial charge in [0.1, 0.15) is 5.78 Å². The fourth-order valence-electron chi connectivity index (χ4n) is 4.60. The molecule has 3 rings (SSSR count). The van der Waals surface area contributed by atoms with Crippen molar-refractivity contribution in [3.63, 3.8) is 0 Å². The van der Waals surface area contributed by atoms with Crippen LogP contribution in [0.5, 0.6) is 0 Å². The molecule has 0 bridgehead atoms. The molecule has 0 aromatic heterocycles. The van der Waals surface area contributed by atoms with E-state index in [0.29, 0.717) is 5.78 Å². The van der Waals surface area contributed by atoms with Crippen molar-refractivity contribution in [1.29, 1.82) is 0 Å². The smallest absolute Gasteiger partial charge is 0.133 e. The first-order valence-corrected chi connectivity index (χ1v) is 8.54. The van der Waals surface area contributed by atoms with E-state index in [4.69, 9.17) is 0 Å². The predicted octanol–water partition coefficient (Wildman–Crippen LogP) is 5.20. The third kappa shape index (κ3) is 3.30. The Morgan fingerprint density at radius 1 is 0.579 bits per heavy atom. The molecule has 0 spiro atoms. The molecule has 0 unspecified atom stereocenters. The van der Waals surface area contributed by atoms with E-state index in [1.165, 1.54) is 57.8 Å². The Hall–Kier alpha value is -0.590. The van der Waals surface area contributed by atoms with Gasteiger partial charge in [0.2, 0.25) is 0 Å². The summed E-state index contributed by atoms with van der Waals surface area (Å²) in [6.45, 7) is 0. The molecule has 0 aromatic carbocycles. The first kappa shape index (κ1) is 13.4. The molecule has 3 saturated carbocycles. The van der Waals surface area contributed by atoms with Gasteiger partial charge < -0.3 is 0 Å². The van der Waals surface area contributed by atoms with Crippen LogP contribution in [0.4, 0.5) is 0 Å². The van der Waals surface area contributed by atoms with Crippen molar-refractivity contribution < 1.29 is 4.79 Å². The standard InChI is InChI=1S/C18H28O/c19-18-12-10-17(11-13-18)16-8-6-15(7-9-16)14-4-2-1-3-5-14/h14-15H,1-13H2. The first-order valence-electron chi connectivity index (χ1n) is 8.54. The zero-order valence-corrected chi connectivity index (χ0v) is 12.3. The van der Waals surface area contributed by atoms with Gasteiger partial charge in [-0.3, -0.25) is 4.79 Å². The second-order valence-corrected chi connectivity index (χ2v) is 6.98. The Bertz CT molecular complexity index is 338. The third-order valence-corrected chi connectivity index (χ3v) is 5.86. The molecule has 0 saturated heterocycles. The Labute approximate surface area is 117 Å². The lowest BCUT2D eigenvalue weighted by Gasteiger charge is -2.35. The number of hydrogen-bond donors (Lipinski definition) is 0. The third-order valence-electron chi connectivity index (χ3n) is 5.86. The van der Waals surface area contributed by atoms with Gasteiger partial charge >= 0.3 is 0 Å². The van der Waals surface area contributed by atoms with Gasteiger partial charge in [0, 0.05) is 12.8 Å². The molecule has 0 N–H and O–H groups in total. The topological polar surface area (TPSA) is 17.1 Å². The molecule has 0 heterocycles. The van der Waals surface area contributed by atoms with Crippen LogP contribution < -0.4 is 0 Å². The summed E-state index contributed by atoms with van der Waals surface area (Å²) in [7, 11) is 0. The molecule has 0 atom stereocenters. The van der Waals surface area contributed by atoms with Crippen LogP contribution in [-0.4, -0.2) is 5.78 Å². The predicted molar refractivity (Wildman–Crippen MR) is 79.0 cm³/mol. The minimum atomic E-state index is 0.486. The van der Waals surface area contributed by atoms with E-state index in [1.807, 2.05) is 0 Å². The fraction of sp³-hybridized carbons (Fsp3) is 0.833. The summed E-state index contributed by atoms with van der Waals surface area (Å²) in [6.07, 6.45) is 16.9. The Kier molecular flexibility index (Phi) is 4.40. The van der Waals surface area contributed by atoms with E-state index in [2.05, 4.69) is 0 Å². The van der Waals surface area contributed by atoms with Crippen molar-refractivity contribution in [1.82, 2.24) is 0 Å². The van der Waals surface area contributed by atoms with Gasteiger partial charge in [0.25, 0.3) is 0 Å². The van der Waals surface area contributed by atoms with Crippen LogP contribution in [-0.2, 0) is 4.79 Å². The monoisotopic (exact) mass is 260 g/mol. The van der Waals surface area contributed by atoms with E-state index in [0.717, 1.165) is 37.5 Å². The Morgan fingerprint density at radius 2 is 1.11 bits per heavy atom. The lowest BCUT2D eigenvalue weighted by molar-refractivity contribution is -0.119.